The molecule has 0 rings (SSSR count). The van der Waals surface area contributed by atoms with E-state index in [-0.39, 0.29) is 43.3 Å². The van der Waals surface area contributed by atoms with Crippen LogP contribution in [0.1, 0.15) is 41.0 Å². The van der Waals surface area contributed by atoms with Crippen molar-refractivity contribution in [3.63, 3.8) is 0 Å². The fourth-order valence-electron chi connectivity index (χ4n) is 2.17. The molecule has 0 aromatic heterocycles. The lowest BCUT2D eigenvalue weighted by Crippen LogP contribution is -2.38. The summed E-state index contributed by atoms with van der Waals surface area (Å²) in [5.41, 5.74) is 0. The molecule has 3 atom stereocenters. The van der Waals surface area contributed by atoms with Gasteiger partial charge in [-0.25, -0.2) is 4.39 Å². The highest BCUT2D eigenvalue weighted by atomic mass is 19.1. The van der Waals surface area contributed by atoms with Crippen molar-refractivity contribution < 1.29 is 37.7 Å². The fourth-order valence-corrected chi connectivity index (χ4v) is 2.17. The minimum Gasteiger partial charge on any atom is -0.377 e. The van der Waals surface area contributed by atoms with Gasteiger partial charge in [-0.3, -0.25) is 9.59 Å². The Hall–Kier alpha value is -1.13. The van der Waals surface area contributed by atoms with E-state index < -0.39 is 12.3 Å². The second-order valence-corrected chi connectivity index (χ2v) is 7.66. The van der Waals surface area contributed by atoms with Crippen molar-refractivity contribution in [3.05, 3.63) is 0 Å². The molecule has 0 radical (unpaired) electrons. The molecule has 0 fully saturated rings. The van der Waals surface area contributed by atoms with E-state index in [1.54, 1.807) is 20.8 Å². The summed E-state index contributed by atoms with van der Waals surface area (Å²) in [4.78, 5) is 23.0. The van der Waals surface area contributed by atoms with Gasteiger partial charge in [-0.2, -0.15) is 0 Å². The second-order valence-electron chi connectivity index (χ2n) is 7.66. The maximum atomic E-state index is 13.9. The van der Waals surface area contributed by atoms with Crippen LogP contribution in [0.25, 0.3) is 0 Å². The molecule has 0 aromatic rings. The van der Waals surface area contributed by atoms with Gasteiger partial charge in [0.2, 0.25) is 5.91 Å². The summed E-state index contributed by atoms with van der Waals surface area (Å²) in [7, 11) is 0. The molecule has 0 bridgehead atoms. The zero-order valence-corrected chi connectivity index (χ0v) is 19.8. The molecule has 3 unspecified atom stereocenters. The van der Waals surface area contributed by atoms with Crippen molar-refractivity contribution >= 4 is 11.7 Å². The molecule has 0 spiro atoms. The monoisotopic (exact) mass is 451 g/mol. The average molecular weight is 452 g/mol. The number of alkyl halides is 1. The van der Waals surface area contributed by atoms with Crippen molar-refractivity contribution in [2.45, 2.75) is 53.3 Å². The van der Waals surface area contributed by atoms with Crippen LogP contribution in [0.3, 0.4) is 0 Å². The van der Waals surface area contributed by atoms with E-state index in [0.717, 1.165) is 6.42 Å². The Morgan fingerprint density at radius 1 is 0.806 bits per heavy atom. The maximum Gasteiger partial charge on any atom is 0.222 e. The van der Waals surface area contributed by atoms with Crippen molar-refractivity contribution in [1.29, 1.82) is 0 Å². The molecule has 0 aliphatic rings. The number of nitrogens with one attached hydrogen (secondary N) is 1. The summed E-state index contributed by atoms with van der Waals surface area (Å²) >= 11 is 0. The number of ketones is 1. The third-order valence-electron chi connectivity index (χ3n) is 4.64. The van der Waals surface area contributed by atoms with Crippen LogP contribution in [-0.2, 0) is 33.3 Å². The van der Waals surface area contributed by atoms with Crippen LogP contribution >= 0.6 is 0 Å². The van der Waals surface area contributed by atoms with E-state index in [9.17, 15) is 14.0 Å². The van der Waals surface area contributed by atoms with Crippen molar-refractivity contribution in [1.82, 2.24) is 5.32 Å². The standard InChI is InChI=1S/C22H42FNO7/c1-6-18(4)21(25)16-30-12-11-28-8-7-27-9-10-29-13-14-31-19(5)20(23)15-24-22(26)17(2)3/h17-20H,6-16H2,1-5H3,(H,24,26). The van der Waals surface area contributed by atoms with Crippen molar-refractivity contribution in [2.75, 3.05) is 66.0 Å². The van der Waals surface area contributed by atoms with Crippen LogP contribution in [-0.4, -0.2) is 90.0 Å². The Morgan fingerprint density at radius 3 is 1.77 bits per heavy atom. The van der Waals surface area contributed by atoms with E-state index in [1.165, 1.54) is 0 Å². The molecule has 184 valence electrons. The Bertz CT molecular complexity index is 465. The molecule has 0 aliphatic heterocycles. The first-order chi connectivity index (χ1) is 14.8. The predicted octanol–water partition coefficient (Wildman–Crippen LogP) is 2.18. The number of amides is 1. The topological polar surface area (TPSA) is 92.3 Å². The van der Waals surface area contributed by atoms with E-state index in [1.807, 2.05) is 13.8 Å². The molecule has 9 heteroatoms. The van der Waals surface area contributed by atoms with E-state index in [4.69, 9.17) is 23.7 Å². The van der Waals surface area contributed by atoms with Crippen LogP contribution in [0.4, 0.5) is 4.39 Å². The van der Waals surface area contributed by atoms with Gasteiger partial charge in [0.15, 0.2) is 5.78 Å². The van der Waals surface area contributed by atoms with Gasteiger partial charge in [-0.15, -0.1) is 0 Å². The molecular weight excluding hydrogens is 409 g/mol. The largest absolute Gasteiger partial charge is 0.377 e. The molecule has 0 saturated carbocycles. The SMILES string of the molecule is CCC(C)C(=O)COCCOCCOCCOCCOC(C)C(F)CNC(=O)C(C)C. The number of rotatable bonds is 21. The van der Waals surface area contributed by atoms with E-state index >= 15 is 0 Å². The minimum absolute atomic E-state index is 0.0379. The van der Waals surface area contributed by atoms with Gasteiger partial charge in [0.25, 0.3) is 0 Å². The molecular formula is C22H42FNO7. The lowest BCUT2D eigenvalue weighted by molar-refractivity contribution is -0.127. The minimum atomic E-state index is -1.27. The van der Waals surface area contributed by atoms with E-state index in [0.29, 0.717) is 46.2 Å². The van der Waals surface area contributed by atoms with Gasteiger partial charge in [0.1, 0.15) is 12.8 Å². The first kappa shape index (κ1) is 29.9. The van der Waals surface area contributed by atoms with Crippen LogP contribution in [0.2, 0.25) is 0 Å². The maximum absolute atomic E-state index is 13.9. The second kappa shape index (κ2) is 19.5. The number of hydrogen-bond acceptors (Lipinski definition) is 7. The predicted molar refractivity (Wildman–Crippen MR) is 116 cm³/mol. The summed E-state index contributed by atoms with van der Waals surface area (Å²) in [6.07, 6.45) is -1.07. The van der Waals surface area contributed by atoms with Gasteiger partial charge in [-0.05, 0) is 13.3 Å². The van der Waals surface area contributed by atoms with Gasteiger partial charge in [0.05, 0.1) is 65.5 Å². The smallest absolute Gasteiger partial charge is 0.222 e. The number of ether oxygens (including phenoxy) is 5. The van der Waals surface area contributed by atoms with Gasteiger partial charge in [-0.1, -0.05) is 27.7 Å². The van der Waals surface area contributed by atoms with Crippen LogP contribution in [0.5, 0.6) is 0 Å². The lowest BCUT2D eigenvalue weighted by Gasteiger charge is -2.18. The molecule has 0 heterocycles. The van der Waals surface area contributed by atoms with Crippen LogP contribution in [0, 0.1) is 11.8 Å². The lowest BCUT2D eigenvalue weighted by atomic mass is 10.1. The summed E-state index contributed by atoms with van der Waals surface area (Å²) in [5.74, 6) is -0.192. The Morgan fingerprint density at radius 2 is 1.29 bits per heavy atom. The van der Waals surface area contributed by atoms with Crippen molar-refractivity contribution in [3.8, 4) is 0 Å². The van der Waals surface area contributed by atoms with Gasteiger partial charge in [0, 0.05) is 11.8 Å². The van der Waals surface area contributed by atoms with E-state index in [2.05, 4.69) is 5.32 Å². The van der Waals surface area contributed by atoms with Crippen LogP contribution < -0.4 is 5.32 Å². The number of hydrogen-bond donors (Lipinski definition) is 1. The number of Topliss-reactive ketones (excluding diaryl/α,β-unsaturated/α-hetero) is 1. The molecule has 0 aliphatic carbocycles. The molecule has 0 saturated heterocycles. The normalized spacial score (nSPS) is 14.4. The van der Waals surface area contributed by atoms with Gasteiger partial charge >= 0.3 is 0 Å². The summed E-state index contributed by atoms with van der Waals surface area (Å²) in [6, 6.07) is 0. The van der Waals surface area contributed by atoms with Gasteiger partial charge < -0.3 is 29.0 Å². The average Bonchev–Trinajstić information content (AvgIpc) is 2.76. The Labute approximate surface area is 186 Å². The summed E-state index contributed by atoms with van der Waals surface area (Å²) in [5, 5.41) is 2.55. The number of halogens is 1. The highest BCUT2D eigenvalue weighted by Crippen LogP contribution is 2.04. The summed E-state index contributed by atoms with van der Waals surface area (Å²) in [6.45, 7) is 12.2. The highest BCUT2D eigenvalue weighted by Gasteiger charge is 2.18. The first-order valence-electron chi connectivity index (χ1n) is 11.2. The third kappa shape index (κ3) is 17.1. The molecule has 8 nitrogen and oxygen atoms in total. The fraction of sp³-hybridized carbons (Fsp3) is 0.909. The quantitative estimate of drug-likeness (QED) is 0.267. The molecule has 1 N–H and O–H groups in total. The summed E-state index contributed by atoms with van der Waals surface area (Å²) < 4.78 is 40.7. The van der Waals surface area contributed by atoms with Crippen LogP contribution in [0.15, 0.2) is 0 Å². The van der Waals surface area contributed by atoms with Crippen molar-refractivity contribution in [2.24, 2.45) is 11.8 Å². The zero-order valence-electron chi connectivity index (χ0n) is 19.8. The Balaban J connectivity index is 3.39. The number of carbonyl (C=O) groups excluding carboxylic acids is 2. The molecule has 0 aromatic carbocycles. The zero-order chi connectivity index (χ0) is 23.5. The Kier molecular flexibility index (Phi) is 18.8. The molecule has 31 heavy (non-hydrogen) atoms. The molecule has 1 amide bonds. The number of carbonyl (C=O) groups is 2. The first-order valence-corrected chi connectivity index (χ1v) is 11.2. The highest BCUT2D eigenvalue weighted by molar-refractivity contribution is 5.81. The third-order valence-corrected chi connectivity index (χ3v) is 4.64.